The zero-order chi connectivity index (χ0) is 7.28. The lowest BCUT2D eigenvalue weighted by molar-refractivity contribution is -0.161. The molecule has 0 saturated carbocycles. The van der Waals surface area contributed by atoms with E-state index in [0.717, 1.165) is 0 Å². The summed E-state index contributed by atoms with van der Waals surface area (Å²) in [6.45, 7) is 2.83. The topological polar surface area (TPSA) is 35.5 Å². The highest BCUT2D eigenvalue weighted by molar-refractivity contribution is 5.65. The molecule has 3 heteroatoms. The second kappa shape index (κ2) is 3.79. The number of carbonyl (C=O) groups is 1. The molecule has 0 rings (SSSR count). The highest BCUT2D eigenvalue weighted by Gasteiger charge is 2.01. The van der Waals surface area contributed by atoms with Gasteiger partial charge in [-0.2, -0.15) is 0 Å². The third kappa shape index (κ3) is 4.69. The second-order valence-corrected chi connectivity index (χ2v) is 1.41. The minimum atomic E-state index is -0.646. The third-order valence-corrected chi connectivity index (χ3v) is 0.566. The molecule has 1 unspecified atom stereocenters. The van der Waals surface area contributed by atoms with E-state index in [9.17, 15) is 4.79 Å². The fourth-order valence-corrected chi connectivity index (χ4v) is 0.354. The summed E-state index contributed by atoms with van der Waals surface area (Å²) in [5, 5.41) is 0. The summed E-state index contributed by atoms with van der Waals surface area (Å²) < 4.78 is 8.92. The SMILES string of the molecule is C#COC(C)OC(C)=O. The Labute approximate surface area is 54.0 Å². The maximum absolute atomic E-state index is 10.2. The first-order chi connectivity index (χ1) is 4.16. The number of esters is 1. The van der Waals surface area contributed by atoms with E-state index in [1.165, 1.54) is 6.92 Å². The van der Waals surface area contributed by atoms with Gasteiger partial charge in [-0.15, -0.1) is 0 Å². The molecule has 3 nitrogen and oxygen atoms in total. The quantitative estimate of drug-likeness (QED) is 0.308. The van der Waals surface area contributed by atoms with Gasteiger partial charge in [0.15, 0.2) is 0 Å². The van der Waals surface area contributed by atoms with Crippen molar-refractivity contribution in [2.75, 3.05) is 0 Å². The zero-order valence-electron chi connectivity index (χ0n) is 5.38. The normalized spacial score (nSPS) is 11.2. The molecule has 1 atom stereocenters. The molecule has 0 aliphatic heterocycles. The van der Waals surface area contributed by atoms with Crippen LogP contribution in [0.4, 0.5) is 0 Å². The van der Waals surface area contributed by atoms with Crippen molar-refractivity contribution >= 4 is 5.97 Å². The molecule has 0 aromatic rings. The number of carbonyl (C=O) groups excluding carboxylic acids is 1. The summed E-state index contributed by atoms with van der Waals surface area (Å²) in [6.07, 6.45) is 5.99. The number of hydrogen-bond acceptors (Lipinski definition) is 3. The van der Waals surface area contributed by atoms with E-state index in [0.29, 0.717) is 0 Å². The fraction of sp³-hybridized carbons (Fsp3) is 0.500. The Morgan fingerprint density at radius 2 is 2.33 bits per heavy atom. The Morgan fingerprint density at radius 1 is 1.78 bits per heavy atom. The molecule has 0 bridgehead atoms. The molecule has 0 amide bonds. The molecule has 0 aliphatic rings. The predicted molar refractivity (Wildman–Crippen MR) is 31.1 cm³/mol. The molecule has 0 saturated heterocycles. The van der Waals surface area contributed by atoms with Gasteiger partial charge in [0.1, 0.15) is 6.11 Å². The van der Waals surface area contributed by atoms with Gasteiger partial charge in [-0.1, -0.05) is 6.42 Å². The summed E-state index contributed by atoms with van der Waals surface area (Å²) in [4.78, 5) is 10.2. The maximum Gasteiger partial charge on any atom is 0.305 e. The zero-order valence-corrected chi connectivity index (χ0v) is 5.38. The first kappa shape index (κ1) is 7.83. The number of terminal acetylenes is 1. The average Bonchev–Trinajstić information content (AvgIpc) is 1.63. The first-order valence-corrected chi connectivity index (χ1v) is 2.45. The lowest BCUT2D eigenvalue weighted by Crippen LogP contribution is -2.13. The highest BCUT2D eigenvalue weighted by Crippen LogP contribution is 1.90. The Balaban J connectivity index is 3.40. The van der Waals surface area contributed by atoms with E-state index in [1.54, 1.807) is 6.92 Å². The van der Waals surface area contributed by atoms with Crippen LogP contribution in [0.15, 0.2) is 0 Å². The molecule has 0 spiro atoms. The largest absolute Gasteiger partial charge is 0.425 e. The van der Waals surface area contributed by atoms with Gasteiger partial charge < -0.3 is 9.47 Å². The van der Waals surface area contributed by atoms with Crippen LogP contribution < -0.4 is 0 Å². The third-order valence-electron chi connectivity index (χ3n) is 0.566. The van der Waals surface area contributed by atoms with Crippen molar-refractivity contribution in [3.63, 3.8) is 0 Å². The minimum absolute atomic E-state index is 0.405. The van der Waals surface area contributed by atoms with Gasteiger partial charge in [-0.25, -0.2) is 0 Å². The van der Waals surface area contributed by atoms with Crippen molar-refractivity contribution in [2.45, 2.75) is 20.1 Å². The Bertz CT molecular complexity index is 134. The molecule has 0 aliphatic carbocycles. The first-order valence-electron chi connectivity index (χ1n) is 2.45. The van der Waals surface area contributed by atoms with E-state index in [2.05, 4.69) is 9.47 Å². The molecular formula is C6H8O3. The van der Waals surface area contributed by atoms with Gasteiger partial charge in [0.25, 0.3) is 6.29 Å². The molecular weight excluding hydrogens is 120 g/mol. The Kier molecular flexibility index (Phi) is 3.29. The van der Waals surface area contributed by atoms with Crippen LogP contribution in [0.2, 0.25) is 0 Å². The summed E-state index contributed by atoms with van der Waals surface area (Å²) in [6, 6.07) is 0. The van der Waals surface area contributed by atoms with Crippen LogP contribution in [0.5, 0.6) is 0 Å². The molecule has 0 radical (unpaired) electrons. The molecule has 0 fully saturated rings. The average molecular weight is 128 g/mol. The van der Waals surface area contributed by atoms with Gasteiger partial charge in [0.05, 0.1) is 0 Å². The number of ether oxygens (including phenoxy) is 2. The summed E-state index contributed by atoms with van der Waals surface area (Å²) in [7, 11) is 0. The van der Waals surface area contributed by atoms with Crippen LogP contribution in [0, 0.1) is 12.5 Å². The van der Waals surface area contributed by atoms with Crippen LogP contribution in [0.25, 0.3) is 0 Å². The summed E-state index contributed by atoms with van der Waals surface area (Å²) >= 11 is 0. The second-order valence-electron chi connectivity index (χ2n) is 1.41. The van der Waals surface area contributed by atoms with Crippen LogP contribution in [-0.4, -0.2) is 12.3 Å². The van der Waals surface area contributed by atoms with E-state index in [-0.39, 0.29) is 0 Å². The van der Waals surface area contributed by atoms with Gasteiger partial charge in [-0.3, -0.25) is 4.79 Å². The molecule has 0 aromatic carbocycles. The molecule has 0 heterocycles. The molecule has 9 heavy (non-hydrogen) atoms. The van der Waals surface area contributed by atoms with Crippen LogP contribution in [0.1, 0.15) is 13.8 Å². The molecule has 0 N–H and O–H groups in total. The maximum atomic E-state index is 10.2. The fourth-order valence-electron chi connectivity index (χ4n) is 0.354. The molecule has 0 aromatic heterocycles. The number of rotatable bonds is 2. The van der Waals surface area contributed by atoms with E-state index in [4.69, 9.17) is 6.42 Å². The van der Waals surface area contributed by atoms with Gasteiger partial charge in [-0.05, 0) is 0 Å². The standard InChI is InChI=1S/C6H8O3/c1-4-8-6(3)9-5(2)7/h1,6H,2-3H3. The van der Waals surface area contributed by atoms with E-state index < -0.39 is 12.3 Å². The van der Waals surface area contributed by atoms with Crippen molar-refractivity contribution in [3.05, 3.63) is 0 Å². The van der Waals surface area contributed by atoms with Crippen molar-refractivity contribution in [1.29, 1.82) is 0 Å². The van der Waals surface area contributed by atoms with Gasteiger partial charge >= 0.3 is 5.97 Å². The van der Waals surface area contributed by atoms with Crippen LogP contribution in [-0.2, 0) is 14.3 Å². The monoisotopic (exact) mass is 128 g/mol. The minimum Gasteiger partial charge on any atom is -0.425 e. The van der Waals surface area contributed by atoms with E-state index >= 15 is 0 Å². The van der Waals surface area contributed by atoms with Gasteiger partial charge in [0.2, 0.25) is 0 Å². The van der Waals surface area contributed by atoms with E-state index in [1.807, 2.05) is 6.11 Å². The lowest BCUT2D eigenvalue weighted by atomic mass is 10.7. The van der Waals surface area contributed by atoms with Crippen LogP contribution in [0.3, 0.4) is 0 Å². The lowest BCUT2D eigenvalue weighted by Gasteiger charge is -2.07. The smallest absolute Gasteiger partial charge is 0.305 e. The number of hydrogen-bond donors (Lipinski definition) is 0. The summed E-state index contributed by atoms with van der Waals surface area (Å²) in [5.74, 6) is -0.405. The van der Waals surface area contributed by atoms with Gasteiger partial charge in [0, 0.05) is 13.8 Å². The predicted octanol–water partition coefficient (Wildman–Crippen LogP) is 0.503. The Morgan fingerprint density at radius 3 is 2.67 bits per heavy atom. The highest BCUT2D eigenvalue weighted by atomic mass is 16.7. The van der Waals surface area contributed by atoms with Crippen molar-refractivity contribution in [2.24, 2.45) is 0 Å². The van der Waals surface area contributed by atoms with Crippen molar-refractivity contribution in [1.82, 2.24) is 0 Å². The summed E-state index contributed by atoms with van der Waals surface area (Å²) in [5.41, 5.74) is 0. The Hall–Kier alpha value is -1.17. The van der Waals surface area contributed by atoms with Crippen molar-refractivity contribution in [3.8, 4) is 12.5 Å². The molecule has 50 valence electrons. The van der Waals surface area contributed by atoms with Crippen molar-refractivity contribution < 1.29 is 14.3 Å². The van der Waals surface area contributed by atoms with Crippen LogP contribution >= 0.6 is 0 Å².